The number of nitrogens with one attached hydrogen (secondary N) is 4. The maximum Gasteiger partial charge on any atom is 0.255 e. The molecule has 0 aliphatic heterocycles. The zero-order chi connectivity index (χ0) is 35.3. The zero-order valence-electron chi connectivity index (χ0n) is 29.0. The molecule has 0 bridgehead atoms. The first-order valence-corrected chi connectivity index (χ1v) is 20.1. The van der Waals surface area contributed by atoms with Crippen LogP contribution in [0, 0.1) is 0 Å². The number of halogens is 1. The number of H-pyrrole nitrogens is 1. The molecule has 5 rings (SSSR count). The van der Waals surface area contributed by atoms with E-state index in [2.05, 4.69) is 81.4 Å². The summed E-state index contributed by atoms with van der Waals surface area (Å²) in [6.45, 7) is 19.7. The topological polar surface area (TPSA) is 165 Å². The van der Waals surface area contributed by atoms with Crippen LogP contribution in [-0.2, 0) is 11.5 Å². The first-order valence-electron chi connectivity index (χ1n) is 15.6. The number of hydrogen-bond acceptors (Lipinski definition) is 9. The van der Waals surface area contributed by atoms with Gasteiger partial charge >= 0.3 is 0 Å². The highest BCUT2D eigenvalue weighted by molar-refractivity contribution is 9.10. The van der Waals surface area contributed by atoms with E-state index in [1.54, 1.807) is 37.2 Å². The molecule has 5 aromatic heterocycles. The Morgan fingerprint density at radius 3 is 2.25 bits per heavy atom. The van der Waals surface area contributed by atoms with E-state index in [9.17, 15) is 9.59 Å². The van der Waals surface area contributed by atoms with Crippen LogP contribution < -0.4 is 16.0 Å². The van der Waals surface area contributed by atoms with Crippen LogP contribution in [-0.4, -0.2) is 72.0 Å². The Labute approximate surface area is 290 Å². The zero-order valence-corrected chi connectivity index (χ0v) is 31.6. The smallest absolute Gasteiger partial charge is 0.255 e. The molecule has 13 nitrogen and oxygen atoms in total. The van der Waals surface area contributed by atoms with Crippen molar-refractivity contribution in [3.8, 4) is 0 Å². The second kappa shape index (κ2) is 14.9. The van der Waals surface area contributed by atoms with E-state index in [4.69, 9.17) is 4.74 Å². The maximum absolute atomic E-state index is 12.6. The first kappa shape index (κ1) is 36.6. The summed E-state index contributed by atoms with van der Waals surface area (Å²) in [4.78, 5) is 49.6. The Balaban J connectivity index is 0.000000217. The molecule has 5 heterocycles. The van der Waals surface area contributed by atoms with Crippen LogP contribution >= 0.6 is 15.9 Å². The van der Waals surface area contributed by atoms with Crippen molar-refractivity contribution in [2.45, 2.75) is 85.0 Å². The molecule has 0 aromatic carbocycles. The monoisotopic (exact) mass is 736 g/mol. The van der Waals surface area contributed by atoms with Crippen LogP contribution in [0.2, 0.25) is 25.7 Å². The average Bonchev–Trinajstić information content (AvgIpc) is 3.55. The third kappa shape index (κ3) is 10.7. The van der Waals surface area contributed by atoms with Crippen LogP contribution in [0.25, 0.3) is 22.3 Å². The standard InChI is InChI=1S/C17H27BrN4O2Si.C16H18N6O/c1-17(2,3)21-16(23)12-10-22(11-24-7-8-25(4,5)6)15-14(12)20-13(18)9-19-15;1-16(2,3)22-15(23)11-8-18-14-13(11)21-12(9-19-14)20-10-5-4-6-17-7-10/h9-10H,7-8,11H2,1-6H3,(H,21,23);4-9H,1-3H3,(H,18,19)(H,20,21)(H,22,23). The highest BCUT2D eigenvalue weighted by Gasteiger charge is 2.23. The van der Waals surface area contributed by atoms with E-state index in [0.717, 1.165) is 11.7 Å². The minimum absolute atomic E-state index is 0.161. The lowest BCUT2D eigenvalue weighted by Crippen LogP contribution is -2.40. The minimum Gasteiger partial charge on any atom is -0.361 e. The van der Waals surface area contributed by atoms with Crippen LogP contribution in [0.4, 0.5) is 11.5 Å². The van der Waals surface area contributed by atoms with Crippen molar-refractivity contribution in [1.82, 2.24) is 45.1 Å². The molecule has 0 saturated carbocycles. The number of anilines is 2. The van der Waals surface area contributed by atoms with Gasteiger partial charge in [-0.3, -0.25) is 14.6 Å². The number of nitrogens with zero attached hydrogens (tertiary/aromatic N) is 6. The summed E-state index contributed by atoms with van der Waals surface area (Å²) >= 11 is 3.33. The maximum atomic E-state index is 12.6. The molecule has 5 aromatic rings. The van der Waals surface area contributed by atoms with Crippen molar-refractivity contribution < 1.29 is 14.3 Å². The van der Waals surface area contributed by atoms with E-state index < -0.39 is 8.07 Å². The quantitative estimate of drug-likeness (QED) is 0.0957. The fourth-order valence-corrected chi connectivity index (χ4v) is 5.40. The summed E-state index contributed by atoms with van der Waals surface area (Å²) in [7, 11) is -1.13. The molecule has 4 N–H and O–H groups in total. The lowest BCUT2D eigenvalue weighted by Gasteiger charge is -2.20. The molecule has 2 amide bonds. The van der Waals surface area contributed by atoms with Crippen molar-refractivity contribution >= 4 is 69.7 Å². The second-order valence-electron chi connectivity index (χ2n) is 14.7. The third-order valence-corrected chi connectivity index (χ3v) is 8.63. The normalized spacial score (nSPS) is 12.0. The lowest BCUT2D eigenvalue weighted by atomic mass is 10.1. The van der Waals surface area contributed by atoms with Crippen molar-refractivity contribution in [2.24, 2.45) is 0 Å². The van der Waals surface area contributed by atoms with Crippen LogP contribution in [0.1, 0.15) is 62.3 Å². The van der Waals surface area contributed by atoms with Gasteiger partial charge in [0.1, 0.15) is 28.2 Å². The average molecular weight is 738 g/mol. The highest BCUT2D eigenvalue weighted by Crippen LogP contribution is 2.22. The molecular formula is C33H45BrN10O3Si. The second-order valence-corrected chi connectivity index (χ2v) is 21.1. The predicted molar refractivity (Wildman–Crippen MR) is 195 cm³/mol. The number of amides is 2. The van der Waals surface area contributed by atoms with Gasteiger partial charge in [-0.1, -0.05) is 19.6 Å². The third-order valence-electron chi connectivity index (χ3n) is 6.54. The fourth-order valence-electron chi connectivity index (χ4n) is 4.36. The number of pyridine rings is 1. The number of ether oxygens (including phenoxy) is 1. The number of fused-ring (bicyclic) bond motifs is 2. The van der Waals surface area contributed by atoms with Gasteiger partial charge in [0.05, 0.1) is 35.4 Å². The Bertz CT molecular complexity index is 1870. The number of carbonyl (C=O) groups is 2. The molecule has 0 saturated heterocycles. The van der Waals surface area contributed by atoms with E-state index in [0.29, 0.717) is 57.2 Å². The van der Waals surface area contributed by atoms with Gasteiger partial charge < -0.3 is 30.2 Å². The molecule has 0 aliphatic rings. The number of aromatic amines is 1. The molecular weight excluding hydrogens is 692 g/mol. The number of aromatic nitrogens is 7. The molecule has 0 radical (unpaired) electrons. The van der Waals surface area contributed by atoms with Crippen LogP contribution in [0.3, 0.4) is 0 Å². The van der Waals surface area contributed by atoms with Gasteiger partial charge in [0.2, 0.25) is 0 Å². The van der Waals surface area contributed by atoms with Gasteiger partial charge in [0.25, 0.3) is 11.8 Å². The summed E-state index contributed by atoms with van der Waals surface area (Å²) in [5.74, 6) is 0.206. The molecule has 256 valence electrons. The van der Waals surface area contributed by atoms with Gasteiger partial charge in [0, 0.05) is 44.3 Å². The van der Waals surface area contributed by atoms with Crippen LogP contribution in [0.15, 0.2) is 53.9 Å². The van der Waals surface area contributed by atoms with Crippen LogP contribution in [0.5, 0.6) is 0 Å². The molecule has 15 heteroatoms. The molecule has 0 spiro atoms. The van der Waals surface area contributed by atoms with E-state index in [1.165, 1.54) is 0 Å². The van der Waals surface area contributed by atoms with Crippen molar-refractivity contribution in [1.29, 1.82) is 0 Å². The van der Waals surface area contributed by atoms with Crippen molar-refractivity contribution in [3.63, 3.8) is 0 Å². The Hall–Kier alpha value is -4.21. The van der Waals surface area contributed by atoms with E-state index in [-0.39, 0.29) is 22.9 Å². The van der Waals surface area contributed by atoms with Gasteiger partial charge in [-0.2, -0.15) is 0 Å². The first-order chi connectivity index (χ1) is 22.4. The molecule has 0 atom stereocenters. The molecule has 0 aliphatic carbocycles. The number of hydrogen-bond donors (Lipinski definition) is 4. The summed E-state index contributed by atoms with van der Waals surface area (Å²) in [5.41, 5.74) is 3.46. The van der Waals surface area contributed by atoms with Gasteiger partial charge in [-0.05, 0) is 75.6 Å². The highest BCUT2D eigenvalue weighted by atomic mass is 79.9. The number of rotatable bonds is 9. The molecule has 0 fully saturated rings. The minimum atomic E-state index is -1.13. The van der Waals surface area contributed by atoms with Gasteiger partial charge in [-0.15, -0.1) is 0 Å². The summed E-state index contributed by atoms with van der Waals surface area (Å²) in [6, 6.07) is 4.80. The Kier molecular flexibility index (Phi) is 11.4. The van der Waals surface area contributed by atoms with Crippen molar-refractivity contribution in [2.75, 3.05) is 11.9 Å². The molecule has 0 unspecified atom stereocenters. The SMILES string of the molecule is CC(C)(C)NC(=O)c1c[nH]c2ncc(Nc3cccnc3)nc12.CC(C)(C)NC(=O)c1cn(COCC[Si](C)(C)C)c2ncc(Br)nc12. The van der Waals surface area contributed by atoms with Gasteiger partial charge in [-0.25, -0.2) is 19.9 Å². The summed E-state index contributed by atoms with van der Waals surface area (Å²) in [6.07, 6.45) is 10.0. The Morgan fingerprint density at radius 2 is 1.62 bits per heavy atom. The largest absolute Gasteiger partial charge is 0.361 e. The lowest BCUT2D eigenvalue weighted by molar-refractivity contribution is 0.0884. The van der Waals surface area contributed by atoms with E-state index >= 15 is 0 Å². The van der Waals surface area contributed by atoms with Crippen molar-refractivity contribution in [3.05, 3.63) is 65.0 Å². The molecule has 48 heavy (non-hydrogen) atoms. The number of carbonyl (C=O) groups excluding carboxylic acids is 2. The van der Waals surface area contributed by atoms with Gasteiger partial charge in [0.15, 0.2) is 11.3 Å². The Morgan fingerprint density at radius 1 is 0.938 bits per heavy atom. The fraction of sp³-hybridized carbons (Fsp3) is 0.424. The summed E-state index contributed by atoms with van der Waals surface area (Å²) < 4.78 is 8.26. The van der Waals surface area contributed by atoms with E-state index in [1.807, 2.05) is 58.2 Å². The summed E-state index contributed by atoms with van der Waals surface area (Å²) in [5, 5.41) is 9.02. The predicted octanol–water partition coefficient (Wildman–Crippen LogP) is 6.66.